The van der Waals surface area contributed by atoms with Crippen molar-refractivity contribution < 1.29 is 14.6 Å². The largest absolute Gasteiger partial charge is 0.497 e. The van der Waals surface area contributed by atoms with Gasteiger partial charge in [0.15, 0.2) is 5.60 Å². The SMILES string of the molecule is COc1cccc(CN2CCC[C@@](O)(CN3CCC(n4cnnc4)CC3)C2=O)c1. The highest BCUT2D eigenvalue weighted by Crippen LogP contribution is 2.29. The second-order valence-corrected chi connectivity index (χ2v) is 8.13. The first-order valence-corrected chi connectivity index (χ1v) is 10.3. The molecule has 2 aromatic rings. The van der Waals surface area contributed by atoms with Gasteiger partial charge in [0.2, 0.25) is 0 Å². The normalized spacial score (nSPS) is 24.1. The number of nitrogens with zero attached hydrogens (tertiary/aromatic N) is 5. The zero-order chi connectivity index (χ0) is 20.3. The zero-order valence-electron chi connectivity index (χ0n) is 16.9. The van der Waals surface area contributed by atoms with Gasteiger partial charge in [0, 0.05) is 38.8 Å². The molecule has 2 aliphatic heterocycles. The quantitative estimate of drug-likeness (QED) is 0.792. The highest BCUT2D eigenvalue weighted by molar-refractivity contribution is 5.86. The average molecular weight is 399 g/mol. The summed E-state index contributed by atoms with van der Waals surface area (Å²) in [6.07, 6.45) is 6.78. The minimum atomic E-state index is -1.31. The van der Waals surface area contributed by atoms with Crippen LogP contribution in [-0.2, 0) is 11.3 Å². The van der Waals surface area contributed by atoms with Gasteiger partial charge >= 0.3 is 0 Å². The molecule has 0 saturated carbocycles. The van der Waals surface area contributed by atoms with E-state index in [9.17, 15) is 9.90 Å². The van der Waals surface area contributed by atoms with E-state index in [0.717, 1.165) is 43.7 Å². The van der Waals surface area contributed by atoms with Gasteiger partial charge in [0.1, 0.15) is 18.4 Å². The van der Waals surface area contributed by atoms with E-state index >= 15 is 0 Å². The number of β-amino-alcohol motifs (C(OH)–C–C–N with tert-alkyl or cyclic N) is 1. The first kappa shape index (κ1) is 19.8. The molecule has 2 aliphatic rings. The number of hydrogen-bond donors (Lipinski definition) is 1. The monoisotopic (exact) mass is 399 g/mol. The summed E-state index contributed by atoms with van der Waals surface area (Å²) in [5.41, 5.74) is -0.294. The molecule has 1 amide bonds. The molecule has 29 heavy (non-hydrogen) atoms. The van der Waals surface area contributed by atoms with Gasteiger partial charge in [-0.05, 0) is 43.4 Å². The van der Waals surface area contributed by atoms with Crippen molar-refractivity contribution in [1.82, 2.24) is 24.6 Å². The number of rotatable bonds is 6. The molecule has 1 atom stereocenters. The van der Waals surface area contributed by atoms with Crippen LogP contribution in [0.3, 0.4) is 0 Å². The van der Waals surface area contributed by atoms with E-state index in [1.54, 1.807) is 24.7 Å². The van der Waals surface area contributed by atoms with Crippen LogP contribution < -0.4 is 4.74 Å². The van der Waals surface area contributed by atoms with E-state index in [1.165, 1.54) is 0 Å². The van der Waals surface area contributed by atoms with Crippen LogP contribution in [0.25, 0.3) is 0 Å². The van der Waals surface area contributed by atoms with E-state index in [1.807, 2.05) is 28.8 Å². The molecular weight excluding hydrogens is 370 g/mol. The number of carbonyl (C=O) groups is 1. The molecule has 1 N–H and O–H groups in total. The van der Waals surface area contributed by atoms with Crippen LogP contribution in [0.1, 0.15) is 37.3 Å². The Morgan fingerprint density at radius 1 is 1.21 bits per heavy atom. The van der Waals surface area contributed by atoms with Crippen LogP contribution in [0.2, 0.25) is 0 Å². The summed E-state index contributed by atoms with van der Waals surface area (Å²) in [6, 6.07) is 8.13. The first-order valence-electron chi connectivity index (χ1n) is 10.3. The van der Waals surface area contributed by atoms with Gasteiger partial charge < -0.3 is 19.3 Å². The highest BCUT2D eigenvalue weighted by Gasteiger charge is 2.43. The van der Waals surface area contributed by atoms with Gasteiger partial charge in [0.25, 0.3) is 5.91 Å². The molecule has 156 valence electrons. The molecule has 0 aliphatic carbocycles. The van der Waals surface area contributed by atoms with E-state index in [2.05, 4.69) is 15.1 Å². The maximum atomic E-state index is 13.1. The zero-order valence-corrected chi connectivity index (χ0v) is 16.9. The van der Waals surface area contributed by atoms with Crippen LogP contribution in [0, 0.1) is 0 Å². The van der Waals surface area contributed by atoms with Crippen LogP contribution in [0.5, 0.6) is 5.75 Å². The molecule has 1 aromatic carbocycles. The number of ether oxygens (including phenoxy) is 1. The lowest BCUT2D eigenvalue weighted by atomic mass is 9.90. The Morgan fingerprint density at radius 3 is 2.69 bits per heavy atom. The standard InChI is InChI=1S/C21H29N5O3/c1-29-19-5-2-4-17(12-19)13-25-9-3-8-21(28,20(25)27)14-24-10-6-18(7-11-24)26-15-22-23-16-26/h2,4-5,12,15-16,18,28H,3,6-11,13-14H2,1H3/t21-/m1/s1. The molecule has 2 fully saturated rings. The van der Waals surface area contributed by atoms with Crippen molar-refractivity contribution in [3.63, 3.8) is 0 Å². The Balaban J connectivity index is 1.36. The molecule has 0 unspecified atom stereocenters. The number of aromatic nitrogens is 3. The lowest BCUT2D eigenvalue weighted by Gasteiger charge is -2.42. The number of benzene rings is 1. The lowest BCUT2D eigenvalue weighted by molar-refractivity contribution is -0.160. The van der Waals surface area contributed by atoms with E-state index in [0.29, 0.717) is 32.1 Å². The highest BCUT2D eigenvalue weighted by atomic mass is 16.5. The van der Waals surface area contributed by atoms with Crippen molar-refractivity contribution >= 4 is 5.91 Å². The molecule has 8 heteroatoms. The summed E-state index contributed by atoms with van der Waals surface area (Å²) in [6.45, 7) is 3.28. The summed E-state index contributed by atoms with van der Waals surface area (Å²) in [5, 5.41) is 19.0. The predicted octanol–water partition coefficient (Wildman–Crippen LogP) is 1.48. The number of hydrogen-bond acceptors (Lipinski definition) is 6. The lowest BCUT2D eigenvalue weighted by Crippen LogP contribution is -2.59. The number of methoxy groups -OCH3 is 1. The average Bonchev–Trinajstić information content (AvgIpc) is 3.27. The summed E-state index contributed by atoms with van der Waals surface area (Å²) in [5.74, 6) is 0.616. The number of aliphatic hydroxyl groups is 1. The molecular formula is C21H29N5O3. The number of piperidine rings is 2. The third-order valence-corrected chi connectivity index (χ3v) is 6.11. The third kappa shape index (κ3) is 4.43. The minimum absolute atomic E-state index is 0.160. The van der Waals surface area contributed by atoms with Crippen LogP contribution >= 0.6 is 0 Å². The van der Waals surface area contributed by atoms with Crippen molar-refractivity contribution in [3.8, 4) is 5.75 Å². The van der Waals surface area contributed by atoms with E-state index in [-0.39, 0.29) is 5.91 Å². The smallest absolute Gasteiger partial charge is 0.256 e. The summed E-state index contributed by atoms with van der Waals surface area (Å²) in [7, 11) is 1.64. The van der Waals surface area contributed by atoms with Crippen molar-refractivity contribution in [3.05, 3.63) is 42.5 Å². The molecule has 0 spiro atoms. The van der Waals surface area contributed by atoms with Gasteiger partial charge in [-0.25, -0.2) is 0 Å². The van der Waals surface area contributed by atoms with Crippen LogP contribution in [-0.4, -0.2) is 74.5 Å². The maximum absolute atomic E-state index is 13.1. The van der Waals surface area contributed by atoms with E-state index < -0.39 is 5.60 Å². The fourth-order valence-corrected chi connectivity index (χ4v) is 4.50. The molecule has 4 rings (SSSR count). The summed E-state index contributed by atoms with van der Waals surface area (Å²) < 4.78 is 7.33. The Labute approximate surface area is 171 Å². The Hall–Kier alpha value is -2.45. The Bertz CT molecular complexity index is 819. The molecule has 0 radical (unpaired) electrons. The third-order valence-electron chi connectivity index (χ3n) is 6.11. The van der Waals surface area contributed by atoms with Crippen LogP contribution in [0.4, 0.5) is 0 Å². The molecule has 3 heterocycles. The fraction of sp³-hybridized carbons (Fsp3) is 0.571. The predicted molar refractivity (Wildman–Crippen MR) is 107 cm³/mol. The molecule has 1 aromatic heterocycles. The number of carbonyl (C=O) groups excluding carboxylic acids is 1. The Morgan fingerprint density at radius 2 is 1.97 bits per heavy atom. The Kier molecular flexibility index (Phi) is 5.82. The number of amides is 1. The maximum Gasteiger partial charge on any atom is 0.256 e. The van der Waals surface area contributed by atoms with Crippen molar-refractivity contribution in [1.29, 1.82) is 0 Å². The summed E-state index contributed by atoms with van der Waals surface area (Å²) >= 11 is 0. The van der Waals surface area contributed by atoms with Crippen molar-refractivity contribution in [2.75, 3.05) is 33.3 Å². The first-order chi connectivity index (χ1) is 14.1. The van der Waals surface area contributed by atoms with Gasteiger partial charge in [0.05, 0.1) is 7.11 Å². The van der Waals surface area contributed by atoms with Gasteiger partial charge in [-0.3, -0.25) is 9.69 Å². The molecule has 2 saturated heterocycles. The second kappa shape index (κ2) is 8.51. The minimum Gasteiger partial charge on any atom is -0.497 e. The van der Waals surface area contributed by atoms with Gasteiger partial charge in [-0.2, -0.15) is 0 Å². The number of likely N-dealkylation sites (tertiary alicyclic amines) is 2. The molecule has 0 bridgehead atoms. The van der Waals surface area contributed by atoms with Crippen molar-refractivity contribution in [2.24, 2.45) is 0 Å². The topological polar surface area (TPSA) is 83.7 Å². The van der Waals surface area contributed by atoms with Gasteiger partial charge in [-0.1, -0.05) is 12.1 Å². The molecule has 8 nitrogen and oxygen atoms in total. The van der Waals surface area contributed by atoms with Crippen molar-refractivity contribution in [2.45, 2.75) is 43.9 Å². The summed E-state index contributed by atoms with van der Waals surface area (Å²) in [4.78, 5) is 17.1. The fourth-order valence-electron chi connectivity index (χ4n) is 4.50. The van der Waals surface area contributed by atoms with Gasteiger partial charge in [-0.15, -0.1) is 10.2 Å². The second-order valence-electron chi connectivity index (χ2n) is 8.13. The van der Waals surface area contributed by atoms with E-state index in [4.69, 9.17) is 4.74 Å². The van der Waals surface area contributed by atoms with Crippen LogP contribution in [0.15, 0.2) is 36.9 Å².